The number of aryl methyl sites for hydroxylation is 2. The van der Waals surface area contributed by atoms with Crippen LogP contribution < -0.4 is 9.47 Å². The first-order valence-corrected chi connectivity index (χ1v) is 6.35. The van der Waals surface area contributed by atoms with Gasteiger partial charge in [0, 0.05) is 17.9 Å². The summed E-state index contributed by atoms with van der Waals surface area (Å²) in [5.41, 5.74) is 3.47. The number of hydrogen-bond donors (Lipinski definition) is 1. The largest absolute Gasteiger partial charge is 0.493 e. The Balaban J connectivity index is 2.54. The molecule has 0 radical (unpaired) electrons. The number of benzene rings is 1. The number of fused-ring (bicyclic) bond motifs is 1. The summed E-state index contributed by atoms with van der Waals surface area (Å²) in [7, 11) is 1.61. The molecule has 0 unspecified atom stereocenters. The molecular formula is C13H16N2O2S. The average Bonchev–Trinajstić information content (AvgIpc) is 2.37. The van der Waals surface area contributed by atoms with E-state index in [1.807, 2.05) is 26.0 Å². The van der Waals surface area contributed by atoms with Gasteiger partial charge in [-0.15, -0.1) is 0 Å². The maximum atomic E-state index is 5.59. The van der Waals surface area contributed by atoms with Crippen molar-refractivity contribution in [2.24, 2.45) is 0 Å². The van der Waals surface area contributed by atoms with Gasteiger partial charge in [-0.1, -0.05) is 0 Å². The third kappa shape index (κ3) is 2.51. The fourth-order valence-electron chi connectivity index (χ4n) is 1.67. The molecule has 0 fully saturated rings. The van der Waals surface area contributed by atoms with Crippen molar-refractivity contribution in [2.45, 2.75) is 13.8 Å². The molecule has 0 spiro atoms. The van der Waals surface area contributed by atoms with Crippen molar-refractivity contribution in [1.29, 1.82) is 0 Å². The van der Waals surface area contributed by atoms with Crippen molar-refractivity contribution in [3.63, 3.8) is 0 Å². The van der Waals surface area contributed by atoms with Gasteiger partial charge in [-0.2, -0.15) is 12.6 Å². The Morgan fingerprint density at radius 3 is 2.11 bits per heavy atom. The van der Waals surface area contributed by atoms with Gasteiger partial charge in [0.25, 0.3) is 0 Å². The first-order chi connectivity index (χ1) is 8.65. The highest BCUT2D eigenvalue weighted by Crippen LogP contribution is 2.31. The van der Waals surface area contributed by atoms with Crippen LogP contribution in [-0.2, 0) is 0 Å². The molecule has 1 heterocycles. The van der Waals surface area contributed by atoms with Gasteiger partial charge in [0.15, 0.2) is 11.5 Å². The highest BCUT2D eigenvalue weighted by Gasteiger charge is 2.09. The van der Waals surface area contributed by atoms with Gasteiger partial charge in [-0.25, -0.2) is 9.97 Å². The molecule has 1 aromatic heterocycles. The minimum Gasteiger partial charge on any atom is -0.493 e. The molecule has 2 rings (SSSR count). The standard InChI is InChI=1S/C13H16N2O2S/c1-8-9(2)15-11-7-13(17-4-5-18)12(16-3)6-10(11)14-8/h6-7,18H,4-5H2,1-3H3. The van der Waals surface area contributed by atoms with Gasteiger partial charge in [0.1, 0.15) is 0 Å². The molecule has 18 heavy (non-hydrogen) atoms. The van der Waals surface area contributed by atoms with Crippen LogP contribution in [-0.4, -0.2) is 29.4 Å². The van der Waals surface area contributed by atoms with Gasteiger partial charge < -0.3 is 9.47 Å². The lowest BCUT2D eigenvalue weighted by Gasteiger charge is -2.11. The normalized spacial score (nSPS) is 10.7. The summed E-state index contributed by atoms with van der Waals surface area (Å²) in [6.45, 7) is 4.42. The Hall–Kier alpha value is -1.49. The van der Waals surface area contributed by atoms with E-state index in [9.17, 15) is 0 Å². The third-order valence-electron chi connectivity index (χ3n) is 2.71. The predicted octanol–water partition coefficient (Wildman–Crippen LogP) is 2.56. The Morgan fingerprint density at radius 1 is 1.06 bits per heavy atom. The fraction of sp³-hybridized carbons (Fsp3) is 0.385. The number of ether oxygens (including phenoxy) is 2. The third-order valence-corrected chi connectivity index (χ3v) is 2.89. The molecule has 1 aromatic carbocycles. The number of hydrogen-bond acceptors (Lipinski definition) is 5. The first kappa shape index (κ1) is 13.0. The predicted molar refractivity (Wildman–Crippen MR) is 74.9 cm³/mol. The lowest BCUT2D eigenvalue weighted by Crippen LogP contribution is -2.01. The Kier molecular flexibility index (Phi) is 3.91. The van der Waals surface area contributed by atoms with E-state index in [4.69, 9.17) is 9.47 Å². The highest BCUT2D eigenvalue weighted by molar-refractivity contribution is 7.80. The van der Waals surface area contributed by atoms with E-state index in [1.165, 1.54) is 0 Å². The average molecular weight is 264 g/mol. The molecule has 0 aliphatic heterocycles. The Bertz CT molecular complexity index is 572. The number of rotatable bonds is 4. The molecule has 5 heteroatoms. The van der Waals surface area contributed by atoms with E-state index in [1.54, 1.807) is 7.11 Å². The Morgan fingerprint density at radius 2 is 1.61 bits per heavy atom. The van der Waals surface area contributed by atoms with Crippen molar-refractivity contribution in [3.8, 4) is 11.5 Å². The maximum absolute atomic E-state index is 5.59. The number of methoxy groups -OCH3 is 1. The quantitative estimate of drug-likeness (QED) is 0.862. The summed E-state index contributed by atoms with van der Waals surface area (Å²) in [5, 5.41) is 0. The van der Waals surface area contributed by atoms with Crippen molar-refractivity contribution in [2.75, 3.05) is 19.5 Å². The van der Waals surface area contributed by atoms with E-state index in [0.717, 1.165) is 22.4 Å². The lowest BCUT2D eigenvalue weighted by molar-refractivity contribution is 0.314. The molecule has 0 saturated heterocycles. The molecule has 0 aliphatic rings. The molecule has 0 N–H and O–H groups in total. The molecule has 0 amide bonds. The summed E-state index contributed by atoms with van der Waals surface area (Å²) < 4.78 is 10.9. The summed E-state index contributed by atoms with van der Waals surface area (Å²) in [4.78, 5) is 8.99. The van der Waals surface area contributed by atoms with Crippen LogP contribution in [0.2, 0.25) is 0 Å². The summed E-state index contributed by atoms with van der Waals surface area (Å²) >= 11 is 4.12. The Labute approximate surface area is 112 Å². The summed E-state index contributed by atoms with van der Waals surface area (Å²) in [6, 6.07) is 3.71. The van der Waals surface area contributed by atoms with Crippen molar-refractivity contribution in [3.05, 3.63) is 23.5 Å². The smallest absolute Gasteiger partial charge is 0.163 e. The van der Waals surface area contributed by atoms with E-state index in [0.29, 0.717) is 23.9 Å². The van der Waals surface area contributed by atoms with E-state index < -0.39 is 0 Å². The SMILES string of the molecule is COc1cc2nc(C)c(C)nc2cc1OCCS. The molecule has 96 valence electrons. The fourth-order valence-corrected chi connectivity index (χ4v) is 1.76. The zero-order chi connectivity index (χ0) is 13.1. The van der Waals surface area contributed by atoms with Crippen molar-refractivity contribution >= 4 is 23.7 Å². The van der Waals surface area contributed by atoms with Gasteiger partial charge in [-0.05, 0) is 13.8 Å². The van der Waals surface area contributed by atoms with Gasteiger partial charge in [0.2, 0.25) is 0 Å². The zero-order valence-corrected chi connectivity index (χ0v) is 11.6. The second kappa shape index (κ2) is 5.44. The molecule has 0 saturated carbocycles. The van der Waals surface area contributed by atoms with Gasteiger partial charge >= 0.3 is 0 Å². The molecule has 2 aromatic rings. The monoisotopic (exact) mass is 264 g/mol. The van der Waals surface area contributed by atoms with Crippen LogP contribution in [0.5, 0.6) is 11.5 Å². The molecule has 0 bridgehead atoms. The minimum absolute atomic E-state index is 0.531. The van der Waals surface area contributed by atoms with E-state index >= 15 is 0 Å². The summed E-state index contributed by atoms with van der Waals surface area (Å²) in [5.74, 6) is 2.00. The van der Waals surface area contributed by atoms with E-state index in [-0.39, 0.29) is 0 Å². The van der Waals surface area contributed by atoms with Crippen LogP contribution in [0.15, 0.2) is 12.1 Å². The van der Waals surface area contributed by atoms with Crippen LogP contribution >= 0.6 is 12.6 Å². The number of nitrogens with zero attached hydrogens (tertiary/aromatic N) is 2. The first-order valence-electron chi connectivity index (χ1n) is 5.72. The second-order valence-electron chi connectivity index (χ2n) is 3.96. The van der Waals surface area contributed by atoms with Crippen molar-refractivity contribution in [1.82, 2.24) is 9.97 Å². The van der Waals surface area contributed by atoms with Crippen LogP contribution in [0.4, 0.5) is 0 Å². The number of thiol groups is 1. The molecule has 0 atom stereocenters. The summed E-state index contributed by atoms with van der Waals surface area (Å²) in [6.07, 6.45) is 0. The van der Waals surface area contributed by atoms with Crippen LogP contribution in [0.3, 0.4) is 0 Å². The number of aromatic nitrogens is 2. The van der Waals surface area contributed by atoms with Gasteiger partial charge in [-0.3, -0.25) is 0 Å². The van der Waals surface area contributed by atoms with E-state index in [2.05, 4.69) is 22.6 Å². The van der Waals surface area contributed by atoms with Crippen LogP contribution in [0, 0.1) is 13.8 Å². The lowest BCUT2D eigenvalue weighted by atomic mass is 10.2. The zero-order valence-electron chi connectivity index (χ0n) is 10.7. The van der Waals surface area contributed by atoms with Gasteiger partial charge in [0.05, 0.1) is 36.1 Å². The second-order valence-corrected chi connectivity index (χ2v) is 4.41. The van der Waals surface area contributed by atoms with Crippen molar-refractivity contribution < 1.29 is 9.47 Å². The maximum Gasteiger partial charge on any atom is 0.163 e. The molecule has 4 nitrogen and oxygen atoms in total. The molecular weight excluding hydrogens is 248 g/mol. The molecule has 0 aliphatic carbocycles. The van der Waals surface area contributed by atoms with Crippen LogP contribution in [0.1, 0.15) is 11.4 Å². The van der Waals surface area contributed by atoms with Crippen LogP contribution in [0.25, 0.3) is 11.0 Å². The highest BCUT2D eigenvalue weighted by atomic mass is 32.1. The minimum atomic E-state index is 0.531. The topological polar surface area (TPSA) is 44.2 Å².